The second-order valence-electron chi connectivity index (χ2n) is 10.0. The molecule has 196 valence electrons. The highest BCUT2D eigenvalue weighted by Crippen LogP contribution is 2.39. The minimum absolute atomic E-state index is 0.601. The third-order valence-electron chi connectivity index (χ3n) is 7.55. The lowest BCUT2D eigenvalue weighted by Gasteiger charge is -2.26. The number of rotatable bonds is 5. The summed E-state index contributed by atoms with van der Waals surface area (Å²) < 4.78 is 6.29. The van der Waals surface area contributed by atoms with E-state index in [1.54, 1.807) is 0 Å². The second kappa shape index (κ2) is 10.5. The minimum Gasteiger partial charge on any atom is -0.455 e. The van der Waals surface area contributed by atoms with Gasteiger partial charge in [0.05, 0.1) is 18.2 Å². The quantitative estimate of drug-likeness (QED) is 0.205. The first kappa shape index (κ1) is 24.9. The lowest BCUT2D eigenvalue weighted by molar-refractivity contribution is 0.670. The van der Waals surface area contributed by atoms with Crippen molar-refractivity contribution in [3.8, 4) is 28.3 Å². The Morgan fingerprint density at radius 1 is 0.571 bits per heavy atom. The van der Waals surface area contributed by atoms with E-state index in [2.05, 4.69) is 88.6 Å². The molecule has 0 unspecified atom stereocenters. The zero-order chi connectivity index (χ0) is 28.5. The molecule has 4 nitrogen and oxygen atoms in total. The van der Waals surface area contributed by atoms with Gasteiger partial charge >= 0.3 is 0 Å². The lowest BCUT2D eigenvalue weighted by atomic mass is 10.0. The molecule has 0 amide bonds. The van der Waals surface area contributed by atoms with Gasteiger partial charge in [-0.1, -0.05) is 84.9 Å². The van der Waals surface area contributed by atoms with Crippen LogP contribution >= 0.6 is 0 Å². The third-order valence-corrected chi connectivity index (χ3v) is 7.55. The predicted molar refractivity (Wildman–Crippen MR) is 170 cm³/mol. The highest BCUT2D eigenvalue weighted by molar-refractivity contribution is 6.09. The van der Waals surface area contributed by atoms with Crippen LogP contribution in [0.2, 0.25) is 0 Å². The van der Waals surface area contributed by atoms with Crippen molar-refractivity contribution in [1.29, 1.82) is 5.26 Å². The molecule has 0 aliphatic carbocycles. The highest BCUT2D eigenvalue weighted by Gasteiger charge is 2.15. The zero-order valence-corrected chi connectivity index (χ0v) is 22.5. The number of nitriles is 1. The summed E-state index contributed by atoms with van der Waals surface area (Å²) in [5.41, 5.74) is 10.2. The molecule has 7 rings (SSSR count). The average molecular weight is 538 g/mol. The first-order chi connectivity index (χ1) is 20.7. The monoisotopic (exact) mass is 537 g/mol. The molecule has 6 aromatic carbocycles. The third kappa shape index (κ3) is 4.44. The van der Waals surface area contributed by atoms with Crippen LogP contribution in [0.25, 0.3) is 49.0 Å². The van der Waals surface area contributed by atoms with Crippen molar-refractivity contribution >= 4 is 44.7 Å². The van der Waals surface area contributed by atoms with Crippen LogP contribution in [0.15, 0.2) is 144 Å². The molecule has 0 aliphatic rings. The van der Waals surface area contributed by atoms with Crippen LogP contribution in [0.4, 0.5) is 22.7 Å². The summed E-state index contributed by atoms with van der Waals surface area (Å²) in [7, 11) is 0. The smallest absolute Gasteiger partial charge is 0.187 e. The molecule has 0 spiro atoms. The van der Waals surface area contributed by atoms with E-state index in [-0.39, 0.29) is 0 Å². The molecular formula is C38H23N3O. The molecule has 0 fully saturated rings. The Kier molecular flexibility index (Phi) is 6.21. The van der Waals surface area contributed by atoms with E-state index >= 15 is 0 Å². The number of anilines is 3. The molecule has 0 bridgehead atoms. The average Bonchev–Trinajstić information content (AvgIpc) is 3.45. The van der Waals surface area contributed by atoms with Crippen LogP contribution in [0.3, 0.4) is 0 Å². The molecule has 42 heavy (non-hydrogen) atoms. The van der Waals surface area contributed by atoms with Gasteiger partial charge in [0.2, 0.25) is 0 Å². The molecule has 0 saturated heterocycles. The van der Waals surface area contributed by atoms with Gasteiger partial charge in [-0.15, -0.1) is 0 Å². The molecule has 1 heterocycles. The molecule has 7 aromatic rings. The number of para-hydroxylation sites is 2. The van der Waals surface area contributed by atoms with E-state index < -0.39 is 0 Å². The van der Waals surface area contributed by atoms with E-state index in [0.717, 1.165) is 61.3 Å². The fourth-order valence-corrected chi connectivity index (χ4v) is 5.43. The first-order valence-corrected chi connectivity index (χ1v) is 13.6. The van der Waals surface area contributed by atoms with Crippen molar-refractivity contribution in [1.82, 2.24) is 0 Å². The Labute approximate surface area is 243 Å². The number of hydrogen-bond acceptors (Lipinski definition) is 3. The fourth-order valence-electron chi connectivity index (χ4n) is 5.43. The molecule has 1 aromatic heterocycles. The summed E-state index contributed by atoms with van der Waals surface area (Å²) in [4.78, 5) is 5.74. The van der Waals surface area contributed by atoms with Crippen molar-refractivity contribution < 1.29 is 4.42 Å². The number of benzene rings is 6. The van der Waals surface area contributed by atoms with Crippen LogP contribution < -0.4 is 4.90 Å². The van der Waals surface area contributed by atoms with Crippen molar-refractivity contribution in [3.05, 3.63) is 157 Å². The maximum atomic E-state index is 9.13. The standard InChI is InChI=1S/C38H23N3O/c1-40-30-17-23-33(24-18-30)41(31-19-13-28(14-20-31)27-11-9-26(25-39)10-12-27)32-21-15-29(16-22-32)34-6-4-7-36-35-5-2-3-8-37(35)42-38(34)36/h2-24H. The number of furan rings is 1. The summed E-state index contributed by atoms with van der Waals surface area (Å²) in [5, 5.41) is 11.4. The number of hydrogen-bond donors (Lipinski definition) is 0. The van der Waals surface area contributed by atoms with E-state index in [9.17, 15) is 0 Å². The Hall–Kier alpha value is -6.10. The van der Waals surface area contributed by atoms with Gasteiger partial charge in [-0.2, -0.15) is 5.26 Å². The van der Waals surface area contributed by atoms with Crippen LogP contribution in [0, 0.1) is 17.9 Å². The van der Waals surface area contributed by atoms with Gasteiger partial charge in [-0.3, -0.25) is 0 Å². The Balaban J connectivity index is 1.28. The lowest BCUT2D eigenvalue weighted by Crippen LogP contribution is -2.09. The van der Waals surface area contributed by atoms with E-state index in [1.165, 1.54) is 0 Å². The van der Waals surface area contributed by atoms with Crippen molar-refractivity contribution in [2.75, 3.05) is 4.90 Å². The normalized spacial score (nSPS) is 10.8. The topological polar surface area (TPSA) is 44.5 Å². The number of nitrogens with zero attached hydrogens (tertiary/aromatic N) is 3. The molecule has 0 atom stereocenters. The molecule has 0 aliphatic heterocycles. The van der Waals surface area contributed by atoms with Gasteiger partial charge in [-0.05, 0) is 71.3 Å². The maximum absolute atomic E-state index is 9.13. The second-order valence-corrected chi connectivity index (χ2v) is 10.0. The predicted octanol–water partition coefficient (Wildman–Crippen LogP) is 10.8. The van der Waals surface area contributed by atoms with Gasteiger partial charge in [0.15, 0.2) is 5.69 Å². The molecule has 0 N–H and O–H groups in total. The summed E-state index contributed by atoms with van der Waals surface area (Å²) >= 11 is 0. The summed E-state index contributed by atoms with van der Waals surface area (Å²) in [5.74, 6) is 0. The van der Waals surface area contributed by atoms with Crippen LogP contribution in [0.5, 0.6) is 0 Å². The Morgan fingerprint density at radius 3 is 1.74 bits per heavy atom. The van der Waals surface area contributed by atoms with Gasteiger partial charge in [0.1, 0.15) is 11.2 Å². The summed E-state index contributed by atoms with van der Waals surface area (Å²) in [6, 6.07) is 48.7. The molecule has 0 radical (unpaired) electrons. The maximum Gasteiger partial charge on any atom is 0.187 e. The van der Waals surface area contributed by atoms with Gasteiger partial charge in [-0.25, -0.2) is 4.85 Å². The van der Waals surface area contributed by atoms with E-state index in [0.29, 0.717) is 11.3 Å². The summed E-state index contributed by atoms with van der Waals surface area (Å²) in [6.07, 6.45) is 0. The molecule has 4 heteroatoms. The Morgan fingerprint density at radius 2 is 1.12 bits per heavy atom. The largest absolute Gasteiger partial charge is 0.455 e. The van der Waals surface area contributed by atoms with Crippen LogP contribution in [-0.4, -0.2) is 0 Å². The van der Waals surface area contributed by atoms with Gasteiger partial charge in [0, 0.05) is 33.4 Å². The summed E-state index contributed by atoms with van der Waals surface area (Å²) in [6.45, 7) is 7.36. The van der Waals surface area contributed by atoms with Crippen molar-refractivity contribution in [2.24, 2.45) is 0 Å². The fraction of sp³-hybridized carbons (Fsp3) is 0. The molecule has 0 saturated carbocycles. The minimum atomic E-state index is 0.601. The first-order valence-electron chi connectivity index (χ1n) is 13.6. The van der Waals surface area contributed by atoms with Crippen LogP contribution in [-0.2, 0) is 0 Å². The van der Waals surface area contributed by atoms with Crippen LogP contribution in [0.1, 0.15) is 5.56 Å². The van der Waals surface area contributed by atoms with E-state index in [4.69, 9.17) is 16.3 Å². The SMILES string of the molecule is [C-]#[N+]c1ccc(N(c2ccc(-c3ccc(C#N)cc3)cc2)c2ccc(-c3cccc4c3oc3ccccc34)cc2)cc1. The van der Waals surface area contributed by atoms with Crippen molar-refractivity contribution in [2.45, 2.75) is 0 Å². The van der Waals surface area contributed by atoms with Crippen molar-refractivity contribution in [3.63, 3.8) is 0 Å². The zero-order valence-electron chi connectivity index (χ0n) is 22.5. The molecular weight excluding hydrogens is 514 g/mol. The van der Waals surface area contributed by atoms with E-state index in [1.807, 2.05) is 66.7 Å². The highest BCUT2D eigenvalue weighted by atomic mass is 16.3. The number of fused-ring (bicyclic) bond motifs is 3. The Bertz CT molecular complexity index is 2130. The van der Waals surface area contributed by atoms with Gasteiger partial charge in [0.25, 0.3) is 0 Å². The van der Waals surface area contributed by atoms with Gasteiger partial charge < -0.3 is 9.32 Å².